The van der Waals surface area contributed by atoms with Crippen molar-refractivity contribution in [2.45, 2.75) is 31.2 Å². The number of hydrogen-bond donors (Lipinski definition) is 2. The van der Waals surface area contributed by atoms with Crippen LogP contribution in [0, 0.1) is 0 Å². The molecule has 0 spiro atoms. The van der Waals surface area contributed by atoms with Crippen LogP contribution >= 0.6 is 11.3 Å². The minimum Gasteiger partial charge on any atom is -0.394 e. The molecule has 3 nitrogen and oxygen atoms in total. The Morgan fingerprint density at radius 2 is 2.40 bits per heavy atom. The zero-order chi connectivity index (χ0) is 10.7. The second kappa shape index (κ2) is 4.33. The minimum absolute atomic E-state index is 0.0196. The molecule has 82 valence electrons. The van der Waals surface area contributed by atoms with Crippen LogP contribution in [-0.4, -0.2) is 23.2 Å². The molecule has 0 radical (unpaired) electrons. The maximum atomic E-state index is 11.7. The van der Waals surface area contributed by atoms with Crippen molar-refractivity contribution >= 4 is 17.2 Å². The highest BCUT2D eigenvalue weighted by Crippen LogP contribution is 2.31. The van der Waals surface area contributed by atoms with Gasteiger partial charge in [-0.25, -0.2) is 0 Å². The molecule has 0 saturated heterocycles. The van der Waals surface area contributed by atoms with E-state index in [4.69, 9.17) is 0 Å². The lowest BCUT2D eigenvalue weighted by Gasteiger charge is -2.40. The van der Waals surface area contributed by atoms with Crippen LogP contribution in [0.2, 0.25) is 0 Å². The van der Waals surface area contributed by atoms with Gasteiger partial charge in [-0.2, -0.15) is 0 Å². The summed E-state index contributed by atoms with van der Waals surface area (Å²) < 4.78 is 0. The highest BCUT2D eigenvalue weighted by Gasteiger charge is 2.37. The van der Waals surface area contributed by atoms with Crippen LogP contribution in [-0.2, 0) is 11.2 Å². The molecule has 0 aliphatic heterocycles. The van der Waals surface area contributed by atoms with Crippen LogP contribution in [0.1, 0.15) is 24.1 Å². The largest absolute Gasteiger partial charge is 0.394 e. The van der Waals surface area contributed by atoms with Gasteiger partial charge < -0.3 is 10.4 Å². The monoisotopic (exact) mass is 225 g/mol. The molecule has 1 aromatic heterocycles. The Labute approximate surface area is 93.1 Å². The molecule has 4 heteroatoms. The van der Waals surface area contributed by atoms with Crippen LogP contribution in [0.4, 0.5) is 0 Å². The molecule has 1 aliphatic carbocycles. The molecule has 1 aliphatic rings. The zero-order valence-electron chi connectivity index (χ0n) is 8.53. The third-order valence-electron chi connectivity index (χ3n) is 2.93. The lowest BCUT2D eigenvalue weighted by molar-refractivity contribution is -0.124. The van der Waals surface area contributed by atoms with Gasteiger partial charge in [-0.05, 0) is 30.7 Å². The van der Waals surface area contributed by atoms with E-state index in [1.54, 1.807) is 11.3 Å². The third-order valence-corrected chi connectivity index (χ3v) is 3.81. The Morgan fingerprint density at radius 3 is 2.87 bits per heavy atom. The SMILES string of the molecule is O=C(Cc1cccs1)NC1(CO)CCC1. The molecule has 0 atom stereocenters. The number of carbonyl (C=O) groups excluding carboxylic acids is 1. The summed E-state index contributed by atoms with van der Waals surface area (Å²) in [6, 6.07) is 3.90. The smallest absolute Gasteiger partial charge is 0.225 e. The molecule has 0 aromatic carbocycles. The third kappa shape index (κ3) is 2.38. The molecule has 1 aromatic rings. The van der Waals surface area contributed by atoms with Crippen LogP contribution < -0.4 is 5.32 Å². The van der Waals surface area contributed by atoms with Gasteiger partial charge in [0.1, 0.15) is 0 Å². The topological polar surface area (TPSA) is 49.3 Å². The van der Waals surface area contributed by atoms with E-state index in [1.807, 2.05) is 17.5 Å². The van der Waals surface area contributed by atoms with Crippen LogP contribution in [0.25, 0.3) is 0 Å². The number of aliphatic hydroxyl groups excluding tert-OH is 1. The normalized spacial score (nSPS) is 18.2. The number of hydrogen-bond acceptors (Lipinski definition) is 3. The summed E-state index contributed by atoms with van der Waals surface area (Å²) >= 11 is 1.59. The minimum atomic E-state index is -0.311. The van der Waals surface area contributed by atoms with E-state index in [0.29, 0.717) is 6.42 Å². The summed E-state index contributed by atoms with van der Waals surface area (Å²) in [5.41, 5.74) is -0.311. The summed E-state index contributed by atoms with van der Waals surface area (Å²) in [5, 5.41) is 14.1. The van der Waals surface area contributed by atoms with Crippen molar-refractivity contribution in [1.82, 2.24) is 5.32 Å². The lowest BCUT2D eigenvalue weighted by Crippen LogP contribution is -2.56. The van der Waals surface area contributed by atoms with Gasteiger partial charge in [0.2, 0.25) is 5.91 Å². The molecule has 1 amide bonds. The first-order valence-electron chi connectivity index (χ1n) is 5.18. The number of aliphatic hydroxyl groups is 1. The summed E-state index contributed by atoms with van der Waals surface area (Å²) in [6.07, 6.45) is 3.33. The number of amides is 1. The Bertz CT molecular complexity index is 325. The first kappa shape index (κ1) is 10.6. The predicted molar refractivity (Wildman–Crippen MR) is 59.8 cm³/mol. The van der Waals surface area contributed by atoms with Gasteiger partial charge in [0.05, 0.1) is 18.6 Å². The number of rotatable bonds is 4. The maximum absolute atomic E-state index is 11.7. The van der Waals surface area contributed by atoms with Crippen molar-refractivity contribution in [3.05, 3.63) is 22.4 Å². The average molecular weight is 225 g/mol. The summed E-state index contributed by atoms with van der Waals surface area (Å²) in [7, 11) is 0. The van der Waals surface area contributed by atoms with Crippen LogP contribution in [0.15, 0.2) is 17.5 Å². The predicted octanol–water partition coefficient (Wildman–Crippen LogP) is 1.32. The highest BCUT2D eigenvalue weighted by atomic mass is 32.1. The summed E-state index contributed by atoms with van der Waals surface area (Å²) in [5.74, 6) is 0.0196. The Morgan fingerprint density at radius 1 is 1.60 bits per heavy atom. The van der Waals surface area contributed by atoms with E-state index in [-0.39, 0.29) is 18.1 Å². The van der Waals surface area contributed by atoms with Gasteiger partial charge in [0.25, 0.3) is 0 Å². The molecule has 0 bridgehead atoms. The standard InChI is InChI=1S/C11H15NO2S/c13-8-11(4-2-5-11)12-10(14)7-9-3-1-6-15-9/h1,3,6,13H,2,4-5,7-8H2,(H,12,14). The fourth-order valence-corrected chi connectivity index (χ4v) is 2.54. The second-order valence-corrected chi connectivity index (χ2v) is 5.13. The van der Waals surface area contributed by atoms with Crippen molar-refractivity contribution in [3.63, 3.8) is 0 Å². The Hall–Kier alpha value is -0.870. The van der Waals surface area contributed by atoms with E-state index < -0.39 is 0 Å². The fourth-order valence-electron chi connectivity index (χ4n) is 1.84. The molecule has 1 fully saturated rings. The lowest BCUT2D eigenvalue weighted by atomic mass is 9.77. The van der Waals surface area contributed by atoms with Gasteiger partial charge >= 0.3 is 0 Å². The summed E-state index contributed by atoms with van der Waals surface area (Å²) in [4.78, 5) is 12.7. The van der Waals surface area contributed by atoms with E-state index in [9.17, 15) is 9.90 Å². The molecule has 1 saturated carbocycles. The van der Waals surface area contributed by atoms with Crippen LogP contribution in [0.5, 0.6) is 0 Å². The molecule has 2 rings (SSSR count). The maximum Gasteiger partial charge on any atom is 0.225 e. The van der Waals surface area contributed by atoms with Crippen molar-refractivity contribution in [2.24, 2.45) is 0 Å². The zero-order valence-corrected chi connectivity index (χ0v) is 9.35. The van der Waals surface area contributed by atoms with E-state index in [0.717, 1.165) is 24.1 Å². The molecule has 2 N–H and O–H groups in total. The van der Waals surface area contributed by atoms with Crippen LogP contribution in [0.3, 0.4) is 0 Å². The van der Waals surface area contributed by atoms with Gasteiger partial charge in [-0.15, -0.1) is 11.3 Å². The van der Waals surface area contributed by atoms with Gasteiger partial charge in [0, 0.05) is 4.88 Å². The van der Waals surface area contributed by atoms with E-state index in [1.165, 1.54) is 0 Å². The fraction of sp³-hybridized carbons (Fsp3) is 0.545. The summed E-state index contributed by atoms with van der Waals surface area (Å²) in [6.45, 7) is 0.0587. The van der Waals surface area contributed by atoms with Gasteiger partial charge in [-0.3, -0.25) is 4.79 Å². The van der Waals surface area contributed by atoms with E-state index in [2.05, 4.69) is 5.32 Å². The van der Waals surface area contributed by atoms with Crippen molar-refractivity contribution in [1.29, 1.82) is 0 Å². The van der Waals surface area contributed by atoms with Gasteiger partial charge in [-0.1, -0.05) is 6.07 Å². The van der Waals surface area contributed by atoms with Crippen molar-refractivity contribution in [3.8, 4) is 0 Å². The molecule has 1 heterocycles. The van der Waals surface area contributed by atoms with Gasteiger partial charge in [0.15, 0.2) is 0 Å². The molecule has 15 heavy (non-hydrogen) atoms. The molecular weight excluding hydrogens is 210 g/mol. The molecular formula is C11H15NO2S. The quantitative estimate of drug-likeness (QED) is 0.812. The number of nitrogens with one attached hydrogen (secondary N) is 1. The second-order valence-electron chi connectivity index (χ2n) is 4.10. The number of thiophene rings is 1. The Kier molecular flexibility index (Phi) is 3.07. The first-order chi connectivity index (χ1) is 7.24. The van der Waals surface area contributed by atoms with E-state index >= 15 is 0 Å². The average Bonchev–Trinajstić information content (AvgIpc) is 2.64. The van der Waals surface area contributed by atoms with Crippen molar-refractivity contribution in [2.75, 3.05) is 6.61 Å². The Balaban J connectivity index is 1.87. The first-order valence-corrected chi connectivity index (χ1v) is 6.06. The number of carbonyl (C=O) groups is 1. The molecule has 0 unspecified atom stereocenters. The van der Waals surface area contributed by atoms with Crippen molar-refractivity contribution < 1.29 is 9.90 Å². The highest BCUT2D eigenvalue weighted by molar-refractivity contribution is 7.10.